The van der Waals surface area contributed by atoms with E-state index in [1.807, 2.05) is 4.90 Å². The summed E-state index contributed by atoms with van der Waals surface area (Å²) in [7, 11) is 0. The molecule has 0 unspecified atom stereocenters. The number of aliphatic hydroxyl groups is 1. The standard InChI is InChI=1S/C15H23N3O3S/c1-2-4-11-13(22-17-16-11)14(20)18-8-6-15(7-9-18)12(19)5-3-10-21-15/h12,19H,2-10H2,1H3/t12-/m1/s1. The first-order chi connectivity index (χ1) is 10.7. The lowest BCUT2D eigenvalue weighted by Crippen LogP contribution is -2.56. The molecule has 2 aliphatic rings. The predicted molar refractivity (Wildman–Crippen MR) is 83.0 cm³/mol. The summed E-state index contributed by atoms with van der Waals surface area (Å²) >= 11 is 1.19. The Bertz CT molecular complexity index is 526. The maximum atomic E-state index is 12.7. The second-order valence-corrected chi connectivity index (χ2v) is 6.92. The van der Waals surface area contributed by atoms with Crippen molar-refractivity contribution in [3.05, 3.63) is 10.6 Å². The summed E-state index contributed by atoms with van der Waals surface area (Å²) in [4.78, 5) is 15.2. The van der Waals surface area contributed by atoms with Gasteiger partial charge in [-0.15, -0.1) is 5.10 Å². The van der Waals surface area contributed by atoms with Crippen LogP contribution in [0.5, 0.6) is 0 Å². The van der Waals surface area contributed by atoms with E-state index >= 15 is 0 Å². The van der Waals surface area contributed by atoms with Crippen LogP contribution in [0.2, 0.25) is 0 Å². The summed E-state index contributed by atoms with van der Waals surface area (Å²) < 4.78 is 9.82. The third-order valence-electron chi connectivity index (χ3n) is 4.75. The molecule has 0 saturated carbocycles. The molecule has 122 valence electrons. The van der Waals surface area contributed by atoms with E-state index in [-0.39, 0.29) is 5.91 Å². The van der Waals surface area contributed by atoms with Crippen LogP contribution in [0, 0.1) is 0 Å². The molecule has 0 aliphatic carbocycles. The van der Waals surface area contributed by atoms with Crippen LogP contribution in [0.1, 0.15) is 54.4 Å². The first kappa shape index (κ1) is 15.8. The summed E-state index contributed by atoms with van der Waals surface area (Å²) in [5, 5.41) is 14.3. The van der Waals surface area contributed by atoms with Gasteiger partial charge in [0.15, 0.2) is 0 Å². The monoisotopic (exact) mass is 325 g/mol. The summed E-state index contributed by atoms with van der Waals surface area (Å²) in [6.45, 7) is 4.03. The van der Waals surface area contributed by atoms with Gasteiger partial charge in [-0.1, -0.05) is 17.8 Å². The molecule has 2 saturated heterocycles. The zero-order valence-electron chi connectivity index (χ0n) is 13.0. The number of ether oxygens (including phenoxy) is 1. The maximum absolute atomic E-state index is 12.7. The van der Waals surface area contributed by atoms with Gasteiger partial charge >= 0.3 is 0 Å². The molecule has 3 rings (SSSR count). The number of carbonyl (C=O) groups is 1. The SMILES string of the molecule is CCCc1nnsc1C(=O)N1CCC2(CC1)OCCC[C@H]2O. The minimum atomic E-state index is -0.437. The maximum Gasteiger partial charge on any atom is 0.267 e. The molecule has 7 heteroatoms. The van der Waals surface area contributed by atoms with Crippen molar-refractivity contribution in [3.63, 3.8) is 0 Å². The Hall–Kier alpha value is -1.05. The Balaban J connectivity index is 1.65. The molecule has 0 radical (unpaired) electrons. The molecule has 22 heavy (non-hydrogen) atoms. The number of amides is 1. The second kappa shape index (κ2) is 6.60. The van der Waals surface area contributed by atoms with Crippen molar-refractivity contribution in [2.45, 2.75) is 57.2 Å². The highest BCUT2D eigenvalue weighted by Gasteiger charge is 2.44. The van der Waals surface area contributed by atoms with E-state index in [0.29, 0.717) is 37.4 Å². The Kier molecular flexibility index (Phi) is 4.75. The Labute approximate surface area is 134 Å². The minimum Gasteiger partial charge on any atom is -0.390 e. The average Bonchev–Trinajstić information content (AvgIpc) is 2.99. The van der Waals surface area contributed by atoms with Crippen LogP contribution < -0.4 is 0 Å². The summed E-state index contributed by atoms with van der Waals surface area (Å²) in [5.41, 5.74) is 0.375. The van der Waals surface area contributed by atoms with Crippen LogP contribution in [-0.2, 0) is 11.2 Å². The van der Waals surface area contributed by atoms with Gasteiger partial charge in [-0.05, 0) is 43.6 Å². The van der Waals surface area contributed by atoms with Crippen LogP contribution in [0.15, 0.2) is 0 Å². The summed E-state index contributed by atoms with van der Waals surface area (Å²) in [6, 6.07) is 0. The second-order valence-electron chi connectivity index (χ2n) is 6.16. The smallest absolute Gasteiger partial charge is 0.267 e. The fourth-order valence-corrected chi connectivity index (χ4v) is 4.07. The van der Waals surface area contributed by atoms with Crippen molar-refractivity contribution in [1.82, 2.24) is 14.5 Å². The molecule has 1 aromatic heterocycles. The van der Waals surface area contributed by atoms with Crippen LogP contribution >= 0.6 is 11.5 Å². The van der Waals surface area contributed by atoms with Gasteiger partial charge in [0.25, 0.3) is 5.91 Å². The number of hydrogen-bond acceptors (Lipinski definition) is 6. The lowest BCUT2D eigenvalue weighted by atomic mass is 9.82. The van der Waals surface area contributed by atoms with Crippen LogP contribution in [0.4, 0.5) is 0 Å². The van der Waals surface area contributed by atoms with E-state index in [1.165, 1.54) is 11.5 Å². The van der Waals surface area contributed by atoms with E-state index in [0.717, 1.165) is 31.4 Å². The number of aromatic nitrogens is 2. The number of aryl methyl sites for hydroxylation is 1. The molecule has 2 fully saturated rings. The van der Waals surface area contributed by atoms with Gasteiger partial charge in [0.2, 0.25) is 0 Å². The highest BCUT2D eigenvalue weighted by atomic mass is 32.1. The van der Waals surface area contributed by atoms with Crippen molar-refractivity contribution in [1.29, 1.82) is 0 Å². The minimum absolute atomic E-state index is 0.0265. The van der Waals surface area contributed by atoms with Gasteiger partial charge in [-0.25, -0.2) is 0 Å². The Morgan fingerprint density at radius 1 is 1.50 bits per heavy atom. The number of aliphatic hydroxyl groups excluding tert-OH is 1. The van der Waals surface area contributed by atoms with Crippen molar-refractivity contribution in [3.8, 4) is 0 Å². The Morgan fingerprint density at radius 3 is 2.95 bits per heavy atom. The first-order valence-corrected chi connectivity index (χ1v) is 8.86. The average molecular weight is 325 g/mol. The zero-order valence-corrected chi connectivity index (χ0v) is 13.8. The van der Waals surface area contributed by atoms with Gasteiger partial charge in [0.1, 0.15) is 4.88 Å². The normalized spacial score (nSPS) is 24.6. The van der Waals surface area contributed by atoms with Gasteiger partial charge in [0.05, 0.1) is 17.4 Å². The van der Waals surface area contributed by atoms with Gasteiger partial charge in [0, 0.05) is 19.7 Å². The molecule has 1 spiro atoms. The molecule has 0 bridgehead atoms. The third-order valence-corrected chi connectivity index (χ3v) is 5.51. The van der Waals surface area contributed by atoms with E-state index < -0.39 is 11.7 Å². The van der Waals surface area contributed by atoms with Crippen molar-refractivity contribution >= 4 is 17.4 Å². The number of hydrogen-bond donors (Lipinski definition) is 1. The van der Waals surface area contributed by atoms with E-state index in [2.05, 4.69) is 16.5 Å². The van der Waals surface area contributed by atoms with Crippen LogP contribution in [0.3, 0.4) is 0 Å². The van der Waals surface area contributed by atoms with Crippen LogP contribution in [0.25, 0.3) is 0 Å². The molecular weight excluding hydrogens is 302 g/mol. The Morgan fingerprint density at radius 2 is 2.27 bits per heavy atom. The van der Waals surface area contributed by atoms with Crippen LogP contribution in [-0.4, -0.2) is 56.9 Å². The first-order valence-electron chi connectivity index (χ1n) is 8.09. The lowest BCUT2D eigenvalue weighted by molar-refractivity contribution is -0.174. The molecule has 3 heterocycles. The molecule has 6 nitrogen and oxygen atoms in total. The highest BCUT2D eigenvalue weighted by Crippen LogP contribution is 2.35. The lowest BCUT2D eigenvalue weighted by Gasteiger charge is -2.46. The van der Waals surface area contributed by atoms with Crippen molar-refractivity contribution < 1.29 is 14.6 Å². The van der Waals surface area contributed by atoms with Gasteiger partial charge < -0.3 is 14.7 Å². The number of nitrogens with zero attached hydrogens (tertiary/aromatic N) is 3. The van der Waals surface area contributed by atoms with Gasteiger partial charge in [-0.3, -0.25) is 4.79 Å². The molecule has 2 aliphatic heterocycles. The molecule has 1 atom stereocenters. The molecule has 0 aromatic carbocycles. The van der Waals surface area contributed by atoms with E-state index in [9.17, 15) is 9.90 Å². The summed E-state index contributed by atoms with van der Waals surface area (Å²) in [6.07, 6.45) is 4.46. The number of piperidine rings is 1. The quantitative estimate of drug-likeness (QED) is 0.914. The fourth-order valence-electron chi connectivity index (χ4n) is 3.39. The van der Waals surface area contributed by atoms with Crippen molar-refractivity contribution in [2.75, 3.05) is 19.7 Å². The number of likely N-dealkylation sites (tertiary alicyclic amines) is 1. The fraction of sp³-hybridized carbons (Fsp3) is 0.800. The number of rotatable bonds is 3. The third kappa shape index (κ3) is 2.89. The van der Waals surface area contributed by atoms with Crippen molar-refractivity contribution in [2.24, 2.45) is 0 Å². The van der Waals surface area contributed by atoms with E-state index in [4.69, 9.17) is 4.74 Å². The highest BCUT2D eigenvalue weighted by molar-refractivity contribution is 7.08. The predicted octanol–water partition coefficient (Wildman–Crippen LogP) is 1.64. The summed E-state index contributed by atoms with van der Waals surface area (Å²) in [5.74, 6) is 0.0265. The molecular formula is C15H23N3O3S. The molecule has 1 N–H and O–H groups in total. The molecule has 1 aromatic rings. The van der Waals surface area contributed by atoms with Gasteiger partial charge in [-0.2, -0.15) is 0 Å². The van der Waals surface area contributed by atoms with E-state index in [1.54, 1.807) is 0 Å². The zero-order chi connectivity index (χ0) is 15.6. The number of carbonyl (C=O) groups excluding carboxylic acids is 1. The topological polar surface area (TPSA) is 75.6 Å². The largest absolute Gasteiger partial charge is 0.390 e. The molecule has 1 amide bonds.